The number of hydrogen-bond acceptors (Lipinski definition) is 2. The molecule has 1 heterocycles. The van der Waals surface area contributed by atoms with E-state index in [1.54, 1.807) is 0 Å². The van der Waals surface area contributed by atoms with Crippen molar-refractivity contribution >= 4 is 11.6 Å². The normalized spacial score (nSPS) is 13.6. The van der Waals surface area contributed by atoms with Crippen LogP contribution in [-0.4, -0.2) is 4.98 Å². The fourth-order valence-corrected chi connectivity index (χ4v) is 3.17. The number of nitriles is 1. The van der Waals surface area contributed by atoms with Crippen molar-refractivity contribution in [1.82, 2.24) is 4.98 Å². The van der Waals surface area contributed by atoms with Crippen LogP contribution in [0.4, 0.5) is 0 Å². The molecule has 1 aliphatic carbocycles. The lowest BCUT2D eigenvalue weighted by molar-refractivity contribution is 0.672. The Balaban J connectivity index is 2.08. The van der Waals surface area contributed by atoms with Crippen LogP contribution in [0.5, 0.6) is 0 Å². The van der Waals surface area contributed by atoms with Gasteiger partial charge in [0.25, 0.3) is 0 Å². The second kappa shape index (κ2) is 5.64. The predicted molar refractivity (Wildman–Crippen MR) is 79.9 cm³/mol. The van der Waals surface area contributed by atoms with Crippen LogP contribution in [0, 0.1) is 11.3 Å². The largest absolute Gasteiger partial charge is 0.239 e. The quantitative estimate of drug-likeness (QED) is 0.778. The smallest absolute Gasteiger partial charge is 0.147 e. The number of aromatic nitrogens is 1. The first kappa shape index (κ1) is 13.1. The summed E-state index contributed by atoms with van der Waals surface area (Å²) < 4.78 is 0. The van der Waals surface area contributed by atoms with Crippen LogP contribution in [0.15, 0.2) is 30.3 Å². The third kappa shape index (κ3) is 2.42. The van der Waals surface area contributed by atoms with Crippen molar-refractivity contribution in [1.29, 1.82) is 5.26 Å². The highest BCUT2D eigenvalue weighted by atomic mass is 35.5. The zero-order chi connectivity index (χ0) is 13.9. The number of fused-ring (bicyclic) bond motifs is 1. The summed E-state index contributed by atoms with van der Waals surface area (Å²) in [5, 5.41) is 9.64. The molecule has 1 aromatic heterocycles. The molecule has 0 aliphatic heterocycles. The summed E-state index contributed by atoms with van der Waals surface area (Å²) in [5.74, 6) is 0. The molecule has 3 heteroatoms. The fraction of sp³-hybridized carbons (Fsp3) is 0.294. The van der Waals surface area contributed by atoms with Crippen LogP contribution in [0.3, 0.4) is 0 Å². The molecule has 0 bridgehead atoms. The fourth-order valence-electron chi connectivity index (χ4n) is 2.92. The molecule has 2 nitrogen and oxygen atoms in total. The number of nitrogens with zero attached hydrogens (tertiary/aromatic N) is 2. The van der Waals surface area contributed by atoms with Crippen molar-refractivity contribution in [2.75, 3.05) is 0 Å². The molecule has 100 valence electrons. The highest BCUT2D eigenvalue weighted by molar-refractivity contribution is 6.30. The highest BCUT2D eigenvalue weighted by Gasteiger charge is 2.21. The van der Waals surface area contributed by atoms with Gasteiger partial charge in [0, 0.05) is 6.42 Å². The van der Waals surface area contributed by atoms with Crippen LogP contribution >= 0.6 is 11.6 Å². The van der Waals surface area contributed by atoms with E-state index in [1.165, 1.54) is 17.5 Å². The van der Waals surface area contributed by atoms with Gasteiger partial charge < -0.3 is 0 Å². The van der Waals surface area contributed by atoms with E-state index in [0.29, 0.717) is 10.7 Å². The molecule has 0 radical (unpaired) electrons. The lowest BCUT2D eigenvalue weighted by Crippen LogP contribution is -2.12. The molecule has 0 unspecified atom stereocenters. The third-order valence-electron chi connectivity index (χ3n) is 3.88. The van der Waals surface area contributed by atoms with Crippen LogP contribution in [0.25, 0.3) is 0 Å². The van der Waals surface area contributed by atoms with E-state index < -0.39 is 0 Å². The summed E-state index contributed by atoms with van der Waals surface area (Å²) >= 11 is 6.20. The number of rotatable bonds is 2. The maximum atomic E-state index is 9.28. The summed E-state index contributed by atoms with van der Waals surface area (Å²) in [6, 6.07) is 12.5. The topological polar surface area (TPSA) is 36.7 Å². The van der Waals surface area contributed by atoms with Gasteiger partial charge in [0.05, 0.1) is 11.3 Å². The second-order valence-electron chi connectivity index (χ2n) is 5.16. The first-order valence-corrected chi connectivity index (χ1v) is 7.31. The molecule has 0 saturated carbocycles. The second-order valence-corrected chi connectivity index (χ2v) is 5.52. The predicted octanol–water partition coefficient (Wildman–Crippen LogP) is 4.08. The molecule has 20 heavy (non-hydrogen) atoms. The van der Waals surface area contributed by atoms with Crippen molar-refractivity contribution in [3.05, 3.63) is 63.4 Å². The molecular weight excluding hydrogens is 268 g/mol. The van der Waals surface area contributed by atoms with Gasteiger partial charge in [-0.1, -0.05) is 41.9 Å². The summed E-state index contributed by atoms with van der Waals surface area (Å²) in [7, 11) is 0. The minimum absolute atomic E-state index is 0.360. The maximum absolute atomic E-state index is 9.28. The monoisotopic (exact) mass is 282 g/mol. The summed E-state index contributed by atoms with van der Waals surface area (Å²) in [4.78, 5) is 4.50. The first-order valence-electron chi connectivity index (χ1n) is 6.93. The van der Waals surface area contributed by atoms with E-state index in [4.69, 9.17) is 11.6 Å². The molecule has 2 aromatic rings. The van der Waals surface area contributed by atoms with Gasteiger partial charge in [0.1, 0.15) is 11.2 Å². The number of pyridine rings is 1. The van der Waals surface area contributed by atoms with Gasteiger partial charge in [-0.3, -0.25) is 0 Å². The van der Waals surface area contributed by atoms with Crippen LogP contribution in [0.1, 0.15) is 40.8 Å². The number of benzene rings is 1. The van der Waals surface area contributed by atoms with Crippen molar-refractivity contribution in [3.63, 3.8) is 0 Å². The molecule has 0 amide bonds. The third-order valence-corrected chi connectivity index (χ3v) is 4.16. The average Bonchev–Trinajstić information content (AvgIpc) is 2.49. The van der Waals surface area contributed by atoms with Gasteiger partial charge in [0.2, 0.25) is 0 Å². The first-order chi connectivity index (χ1) is 9.79. The molecular formula is C17H15ClN2. The van der Waals surface area contributed by atoms with Crippen molar-refractivity contribution < 1.29 is 0 Å². The summed E-state index contributed by atoms with van der Waals surface area (Å²) in [6.07, 6.45) is 5.04. The Labute approximate surface area is 124 Å². The molecule has 0 spiro atoms. The molecule has 0 fully saturated rings. The SMILES string of the molecule is N#Cc1c(Cl)nc(Cc2ccccc2)c2c1CCCC2. The van der Waals surface area contributed by atoms with Crippen molar-refractivity contribution in [2.45, 2.75) is 32.1 Å². The molecule has 0 atom stereocenters. The van der Waals surface area contributed by atoms with E-state index in [2.05, 4.69) is 23.2 Å². The lowest BCUT2D eigenvalue weighted by Gasteiger charge is -2.20. The molecule has 0 N–H and O–H groups in total. The van der Waals surface area contributed by atoms with Gasteiger partial charge >= 0.3 is 0 Å². The maximum Gasteiger partial charge on any atom is 0.147 e. The number of halogens is 1. The highest BCUT2D eigenvalue weighted by Crippen LogP contribution is 2.31. The molecule has 1 aromatic carbocycles. The zero-order valence-corrected chi connectivity index (χ0v) is 12.0. The van der Waals surface area contributed by atoms with Gasteiger partial charge in [-0.2, -0.15) is 5.26 Å². The number of hydrogen-bond donors (Lipinski definition) is 0. The Morgan fingerprint density at radius 3 is 2.50 bits per heavy atom. The van der Waals surface area contributed by atoms with Gasteiger partial charge in [-0.15, -0.1) is 0 Å². The van der Waals surface area contributed by atoms with E-state index in [0.717, 1.165) is 36.9 Å². The Kier molecular flexibility index (Phi) is 3.71. The van der Waals surface area contributed by atoms with Gasteiger partial charge in [0.15, 0.2) is 0 Å². The van der Waals surface area contributed by atoms with Crippen LogP contribution in [-0.2, 0) is 19.3 Å². The minimum Gasteiger partial charge on any atom is -0.239 e. The van der Waals surface area contributed by atoms with Crippen LogP contribution in [0.2, 0.25) is 5.15 Å². The summed E-state index contributed by atoms with van der Waals surface area (Å²) in [5.41, 5.74) is 5.23. The standard InChI is InChI=1S/C17H15ClN2/c18-17-15(11-19)13-8-4-5-9-14(13)16(20-17)10-12-6-2-1-3-7-12/h1-3,6-7H,4-5,8-10H2. The average molecular weight is 283 g/mol. The summed E-state index contributed by atoms with van der Waals surface area (Å²) in [6.45, 7) is 0. The minimum atomic E-state index is 0.360. The van der Waals surface area contributed by atoms with Crippen molar-refractivity contribution in [2.24, 2.45) is 0 Å². The Morgan fingerprint density at radius 2 is 1.80 bits per heavy atom. The lowest BCUT2D eigenvalue weighted by atomic mass is 9.87. The zero-order valence-electron chi connectivity index (χ0n) is 11.2. The Bertz CT molecular complexity index is 672. The Hall–Kier alpha value is -1.85. The molecule has 0 saturated heterocycles. The van der Waals surface area contributed by atoms with Gasteiger partial charge in [-0.05, 0) is 42.4 Å². The van der Waals surface area contributed by atoms with E-state index in [-0.39, 0.29) is 0 Å². The van der Waals surface area contributed by atoms with E-state index >= 15 is 0 Å². The van der Waals surface area contributed by atoms with Gasteiger partial charge in [-0.25, -0.2) is 4.98 Å². The van der Waals surface area contributed by atoms with E-state index in [1.807, 2.05) is 18.2 Å². The molecule has 3 rings (SSSR count). The Morgan fingerprint density at radius 1 is 1.10 bits per heavy atom. The van der Waals surface area contributed by atoms with Crippen molar-refractivity contribution in [3.8, 4) is 6.07 Å². The van der Waals surface area contributed by atoms with Crippen LogP contribution < -0.4 is 0 Å². The molecule has 1 aliphatic rings. The van der Waals surface area contributed by atoms with E-state index in [9.17, 15) is 5.26 Å².